The molecular formula is C15H21N3O3. The molecule has 1 fully saturated rings. The van der Waals surface area contributed by atoms with E-state index in [4.69, 9.17) is 15.2 Å². The van der Waals surface area contributed by atoms with Crippen molar-refractivity contribution in [3.63, 3.8) is 0 Å². The van der Waals surface area contributed by atoms with Crippen LogP contribution in [0.25, 0.3) is 0 Å². The molecule has 1 aliphatic rings. The molecule has 0 aromatic heterocycles. The van der Waals surface area contributed by atoms with Gasteiger partial charge in [0.1, 0.15) is 5.75 Å². The zero-order valence-corrected chi connectivity index (χ0v) is 12.2. The topological polar surface area (TPSA) is 76.8 Å². The van der Waals surface area contributed by atoms with Gasteiger partial charge in [-0.15, -0.1) is 0 Å². The van der Waals surface area contributed by atoms with Gasteiger partial charge in [0.2, 0.25) is 5.91 Å². The summed E-state index contributed by atoms with van der Waals surface area (Å²) in [4.78, 5) is 14.0. The average Bonchev–Trinajstić information content (AvgIpc) is 2.48. The summed E-state index contributed by atoms with van der Waals surface area (Å²) in [6.45, 7) is 4.07. The number of methoxy groups -OCH3 is 1. The van der Waals surface area contributed by atoms with Crippen LogP contribution in [0.1, 0.15) is 0 Å². The Labute approximate surface area is 124 Å². The van der Waals surface area contributed by atoms with Crippen molar-refractivity contribution in [1.29, 1.82) is 0 Å². The predicted octanol–water partition coefficient (Wildman–Crippen LogP) is 1.10. The lowest BCUT2D eigenvalue weighted by atomic mass is 10.2. The van der Waals surface area contributed by atoms with Crippen molar-refractivity contribution in [3.8, 4) is 5.75 Å². The summed E-state index contributed by atoms with van der Waals surface area (Å²) in [5.41, 5.74) is 6.93. The molecule has 114 valence electrons. The third-order valence-corrected chi connectivity index (χ3v) is 3.23. The summed E-state index contributed by atoms with van der Waals surface area (Å²) in [6, 6.07) is 5.15. The Morgan fingerprint density at radius 3 is 2.90 bits per heavy atom. The maximum absolute atomic E-state index is 11.8. The van der Waals surface area contributed by atoms with Crippen molar-refractivity contribution in [3.05, 3.63) is 30.4 Å². The Morgan fingerprint density at radius 1 is 1.48 bits per heavy atom. The SMILES string of the molecule is COc1ccc(NC(=O)C=CCN2CCOCC2)cc1N. The molecule has 3 N–H and O–H groups in total. The minimum Gasteiger partial charge on any atom is -0.495 e. The van der Waals surface area contributed by atoms with Crippen LogP contribution in [0.3, 0.4) is 0 Å². The Kier molecular flexibility index (Phi) is 5.59. The Bertz CT molecular complexity index is 511. The number of nitrogen functional groups attached to an aromatic ring is 1. The third-order valence-electron chi connectivity index (χ3n) is 3.23. The zero-order chi connectivity index (χ0) is 15.1. The molecule has 6 heteroatoms. The maximum Gasteiger partial charge on any atom is 0.248 e. The van der Waals surface area contributed by atoms with Gasteiger partial charge in [-0.3, -0.25) is 9.69 Å². The van der Waals surface area contributed by atoms with E-state index in [2.05, 4.69) is 10.2 Å². The van der Waals surface area contributed by atoms with Gasteiger partial charge in [0.25, 0.3) is 0 Å². The van der Waals surface area contributed by atoms with E-state index in [1.807, 2.05) is 6.08 Å². The highest BCUT2D eigenvalue weighted by molar-refractivity contribution is 5.99. The molecular weight excluding hydrogens is 270 g/mol. The van der Waals surface area contributed by atoms with Crippen molar-refractivity contribution < 1.29 is 14.3 Å². The predicted molar refractivity (Wildman–Crippen MR) is 82.4 cm³/mol. The van der Waals surface area contributed by atoms with Gasteiger partial charge in [-0.1, -0.05) is 6.08 Å². The van der Waals surface area contributed by atoms with Crippen LogP contribution >= 0.6 is 0 Å². The number of hydrogen-bond acceptors (Lipinski definition) is 5. The lowest BCUT2D eigenvalue weighted by Gasteiger charge is -2.25. The number of amides is 1. The minimum absolute atomic E-state index is 0.173. The number of ether oxygens (including phenoxy) is 2. The van der Waals surface area contributed by atoms with E-state index in [9.17, 15) is 4.79 Å². The normalized spacial score (nSPS) is 16.0. The zero-order valence-electron chi connectivity index (χ0n) is 12.2. The van der Waals surface area contributed by atoms with Gasteiger partial charge in [0.05, 0.1) is 26.0 Å². The monoisotopic (exact) mass is 291 g/mol. The summed E-state index contributed by atoms with van der Waals surface area (Å²) in [6.07, 6.45) is 3.39. The van der Waals surface area contributed by atoms with Gasteiger partial charge in [0, 0.05) is 31.4 Å². The molecule has 21 heavy (non-hydrogen) atoms. The Morgan fingerprint density at radius 2 is 2.24 bits per heavy atom. The fourth-order valence-corrected chi connectivity index (χ4v) is 2.09. The summed E-state index contributed by atoms with van der Waals surface area (Å²) >= 11 is 0. The largest absolute Gasteiger partial charge is 0.495 e. The second-order valence-corrected chi connectivity index (χ2v) is 4.76. The van der Waals surface area contributed by atoms with Gasteiger partial charge in [0.15, 0.2) is 0 Å². The lowest BCUT2D eigenvalue weighted by Crippen LogP contribution is -2.36. The average molecular weight is 291 g/mol. The molecule has 0 bridgehead atoms. The molecule has 6 nitrogen and oxygen atoms in total. The molecule has 1 aromatic rings. The fraction of sp³-hybridized carbons (Fsp3) is 0.400. The molecule has 0 saturated carbocycles. The molecule has 1 heterocycles. The maximum atomic E-state index is 11.8. The lowest BCUT2D eigenvalue weighted by molar-refractivity contribution is -0.111. The molecule has 1 saturated heterocycles. The van der Waals surface area contributed by atoms with Gasteiger partial charge >= 0.3 is 0 Å². The van der Waals surface area contributed by atoms with Crippen molar-refractivity contribution >= 4 is 17.3 Å². The number of hydrogen-bond donors (Lipinski definition) is 2. The van der Waals surface area contributed by atoms with E-state index in [0.717, 1.165) is 32.8 Å². The van der Waals surface area contributed by atoms with Crippen LogP contribution in [-0.2, 0) is 9.53 Å². The number of nitrogens with two attached hydrogens (primary N) is 1. The number of carbonyl (C=O) groups excluding carboxylic acids is 1. The van der Waals surface area contributed by atoms with Crippen molar-refractivity contribution in [2.75, 3.05) is 51.0 Å². The quantitative estimate of drug-likeness (QED) is 0.627. The number of benzene rings is 1. The van der Waals surface area contributed by atoms with Crippen LogP contribution < -0.4 is 15.8 Å². The number of nitrogens with zero attached hydrogens (tertiary/aromatic N) is 1. The number of anilines is 2. The van der Waals surface area contributed by atoms with Crippen LogP contribution in [-0.4, -0.2) is 50.8 Å². The number of carbonyl (C=O) groups is 1. The van der Waals surface area contributed by atoms with Crippen molar-refractivity contribution in [2.45, 2.75) is 0 Å². The second-order valence-electron chi connectivity index (χ2n) is 4.76. The van der Waals surface area contributed by atoms with Crippen LogP contribution in [0.4, 0.5) is 11.4 Å². The van der Waals surface area contributed by atoms with Crippen molar-refractivity contribution in [1.82, 2.24) is 4.90 Å². The Balaban J connectivity index is 1.82. The first kappa shape index (κ1) is 15.3. The van der Waals surface area contributed by atoms with Gasteiger partial charge < -0.3 is 20.5 Å². The molecule has 1 amide bonds. The molecule has 0 spiro atoms. The second kappa shape index (κ2) is 7.66. The number of nitrogens with one attached hydrogen (secondary N) is 1. The molecule has 0 unspecified atom stereocenters. The van der Waals surface area contributed by atoms with E-state index in [1.165, 1.54) is 6.08 Å². The minimum atomic E-state index is -0.173. The van der Waals surface area contributed by atoms with Gasteiger partial charge in [-0.05, 0) is 18.2 Å². The molecule has 1 aliphatic heterocycles. The van der Waals surface area contributed by atoms with Gasteiger partial charge in [-0.25, -0.2) is 0 Å². The first-order valence-electron chi connectivity index (χ1n) is 6.90. The van der Waals surface area contributed by atoms with Crippen LogP contribution in [0.2, 0.25) is 0 Å². The van der Waals surface area contributed by atoms with Gasteiger partial charge in [-0.2, -0.15) is 0 Å². The highest BCUT2D eigenvalue weighted by Gasteiger charge is 2.08. The summed E-state index contributed by atoms with van der Waals surface area (Å²) in [5, 5.41) is 2.77. The highest BCUT2D eigenvalue weighted by atomic mass is 16.5. The van der Waals surface area contributed by atoms with E-state index >= 15 is 0 Å². The van der Waals surface area contributed by atoms with E-state index in [0.29, 0.717) is 17.1 Å². The smallest absolute Gasteiger partial charge is 0.248 e. The number of morpholine rings is 1. The molecule has 0 atom stereocenters. The van der Waals surface area contributed by atoms with Crippen LogP contribution in [0, 0.1) is 0 Å². The summed E-state index contributed by atoms with van der Waals surface area (Å²) in [5.74, 6) is 0.420. The Hall–Kier alpha value is -2.05. The van der Waals surface area contributed by atoms with Crippen LogP contribution in [0.15, 0.2) is 30.4 Å². The molecule has 0 radical (unpaired) electrons. The molecule has 1 aromatic carbocycles. The van der Waals surface area contributed by atoms with E-state index < -0.39 is 0 Å². The van der Waals surface area contributed by atoms with E-state index in [-0.39, 0.29) is 5.91 Å². The fourth-order valence-electron chi connectivity index (χ4n) is 2.09. The summed E-state index contributed by atoms with van der Waals surface area (Å²) < 4.78 is 10.3. The number of rotatable bonds is 5. The van der Waals surface area contributed by atoms with Crippen LogP contribution in [0.5, 0.6) is 5.75 Å². The van der Waals surface area contributed by atoms with E-state index in [1.54, 1.807) is 25.3 Å². The first-order valence-corrected chi connectivity index (χ1v) is 6.90. The molecule has 0 aliphatic carbocycles. The van der Waals surface area contributed by atoms with Crippen molar-refractivity contribution in [2.24, 2.45) is 0 Å². The first-order chi connectivity index (χ1) is 10.2. The highest BCUT2D eigenvalue weighted by Crippen LogP contribution is 2.24. The standard InChI is InChI=1S/C15H21N3O3/c1-20-14-5-4-12(11-13(14)16)17-15(19)3-2-6-18-7-9-21-10-8-18/h2-5,11H,6-10,16H2,1H3,(H,17,19). The molecule has 2 rings (SSSR count). The summed E-state index contributed by atoms with van der Waals surface area (Å²) in [7, 11) is 1.55. The third kappa shape index (κ3) is 4.77.